The number of rotatable bonds is 6. The number of aromatic nitrogens is 3. The molecular weight excluding hydrogens is 436 g/mol. The second-order valence-electron chi connectivity index (χ2n) is 7.42. The quantitative estimate of drug-likeness (QED) is 0.353. The van der Waals surface area contributed by atoms with Crippen molar-refractivity contribution in [3.05, 3.63) is 113 Å². The third-order valence-corrected chi connectivity index (χ3v) is 5.42. The number of carbonyl (C=O) groups excluding carboxylic acids is 1. The average Bonchev–Trinajstić information content (AvgIpc) is 3.52. The molecule has 1 N–H and O–H groups in total. The Morgan fingerprint density at radius 2 is 1.61 bits per heavy atom. The summed E-state index contributed by atoms with van der Waals surface area (Å²) < 4.78 is 7.15. The van der Waals surface area contributed by atoms with Crippen LogP contribution in [0.25, 0.3) is 28.3 Å². The number of benzene rings is 3. The standard InChI is InChI=1S/C26H19ClN4O2/c27-21-13-11-19(12-14-21)25-20(17-31(29-25)22-9-5-2-6-10-22)16-28-26(32)23-15-24(33-30-23)18-7-3-1-4-8-18/h1-15,17H,16H2,(H,28,32). The molecule has 0 bridgehead atoms. The van der Waals surface area contributed by atoms with Gasteiger partial charge in [0.2, 0.25) is 0 Å². The molecule has 0 saturated carbocycles. The van der Waals surface area contributed by atoms with Gasteiger partial charge in [-0.2, -0.15) is 5.10 Å². The Kier molecular flexibility index (Phi) is 5.74. The Labute approximate surface area is 195 Å². The smallest absolute Gasteiger partial charge is 0.273 e. The van der Waals surface area contributed by atoms with Crippen LogP contribution >= 0.6 is 11.6 Å². The minimum Gasteiger partial charge on any atom is -0.355 e. The molecular formula is C26H19ClN4O2. The lowest BCUT2D eigenvalue weighted by molar-refractivity contribution is 0.0942. The Morgan fingerprint density at radius 1 is 0.909 bits per heavy atom. The Bertz CT molecular complexity index is 1380. The van der Waals surface area contributed by atoms with Crippen molar-refractivity contribution in [3.63, 3.8) is 0 Å². The minimum absolute atomic E-state index is 0.220. The van der Waals surface area contributed by atoms with Crippen LogP contribution in [0, 0.1) is 0 Å². The molecule has 0 unspecified atom stereocenters. The number of carbonyl (C=O) groups is 1. The second-order valence-corrected chi connectivity index (χ2v) is 7.85. The Morgan fingerprint density at radius 3 is 2.33 bits per heavy atom. The number of nitrogens with one attached hydrogen (secondary N) is 1. The van der Waals surface area contributed by atoms with E-state index in [0.29, 0.717) is 10.8 Å². The van der Waals surface area contributed by atoms with E-state index in [2.05, 4.69) is 10.5 Å². The Balaban J connectivity index is 1.39. The minimum atomic E-state index is -0.324. The predicted molar refractivity (Wildman–Crippen MR) is 127 cm³/mol. The molecule has 2 heterocycles. The molecule has 5 aromatic rings. The highest BCUT2D eigenvalue weighted by atomic mass is 35.5. The summed E-state index contributed by atoms with van der Waals surface area (Å²) in [6.45, 7) is 0.275. The number of para-hydroxylation sites is 1. The van der Waals surface area contributed by atoms with Gasteiger partial charge in [-0.05, 0) is 24.3 Å². The molecule has 6 nitrogen and oxygen atoms in total. The van der Waals surface area contributed by atoms with Gasteiger partial charge in [0.05, 0.1) is 11.4 Å². The van der Waals surface area contributed by atoms with E-state index in [-0.39, 0.29) is 18.1 Å². The zero-order valence-corrected chi connectivity index (χ0v) is 18.2. The summed E-state index contributed by atoms with van der Waals surface area (Å²) in [6.07, 6.45) is 1.91. The molecule has 33 heavy (non-hydrogen) atoms. The van der Waals surface area contributed by atoms with E-state index in [1.807, 2.05) is 91.1 Å². The lowest BCUT2D eigenvalue weighted by Gasteiger charge is -2.04. The number of nitrogens with zero attached hydrogens (tertiary/aromatic N) is 3. The lowest BCUT2D eigenvalue weighted by atomic mass is 10.1. The first-order valence-electron chi connectivity index (χ1n) is 10.4. The van der Waals surface area contributed by atoms with Crippen LogP contribution in [0.4, 0.5) is 0 Å². The predicted octanol–water partition coefficient (Wildman–Crippen LogP) is 5.78. The molecule has 0 saturated heterocycles. The molecule has 162 valence electrons. The van der Waals surface area contributed by atoms with Crippen molar-refractivity contribution in [2.75, 3.05) is 0 Å². The maximum absolute atomic E-state index is 12.8. The van der Waals surface area contributed by atoms with Gasteiger partial charge in [0.15, 0.2) is 11.5 Å². The number of halogens is 1. The van der Waals surface area contributed by atoms with Crippen molar-refractivity contribution < 1.29 is 9.32 Å². The van der Waals surface area contributed by atoms with Gasteiger partial charge in [0.25, 0.3) is 5.91 Å². The maximum atomic E-state index is 12.8. The molecule has 5 rings (SSSR count). The van der Waals surface area contributed by atoms with Crippen molar-refractivity contribution in [2.24, 2.45) is 0 Å². The molecule has 1 amide bonds. The van der Waals surface area contributed by atoms with Gasteiger partial charge in [-0.15, -0.1) is 0 Å². The Hall–Kier alpha value is -4.16. The van der Waals surface area contributed by atoms with E-state index >= 15 is 0 Å². The summed E-state index contributed by atoms with van der Waals surface area (Å²) in [4.78, 5) is 12.8. The van der Waals surface area contributed by atoms with Crippen LogP contribution in [0.15, 0.2) is 102 Å². The highest BCUT2D eigenvalue weighted by Crippen LogP contribution is 2.25. The van der Waals surface area contributed by atoms with E-state index in [0.717, 1.165) is 28.1 Å². The van der Waals surface area contributed by atoms with Gasteiger partial charge >= 0.3 is 0 Å². The van der Waals surface area contributed by atoms with Gasteiger partial charge in [0, 0.05) is 40.5 Å². The molecule has 0 spiro atoms. The maximum Gasteiger partial charge on any atom is 0.273 e. The third kappa shape index (κ3) is 4.56. The molecule has 0 fully saturated rings. The van der Waals surface area contributed by atoms with E-state index in [4.69, 9.17) is 21.2 Å². The first kappa shape index (κ1) is 20.7. The van der Waals surface area contributed by atoms with E-state index in [9.17, 15) is 4.79 Å². The van der Waals surface area contributed by atoms with Crippen molar-refractivity contribution in [1.82, 2.24) is 20.3 Å². The summed E-state index contributed by atoms with van der Waals surface area (Å²) in [5.74, 6) is 0.218. The summed E-state index contributed by atoms with van der Waals surface area (Å²) in [6, 6.07) is 28.4. The van der Waals surface area contributed by atoms with Crippen molar-refractivity contribution in [3.8, 4) is 28.3 Å². The number of hydrogen-bond acceptors (Lipinski definition) is 4. The topological polar surface area (TPSA) is 73.0 Å². The van der Waals surface area contributed by atoms with Gasteiger partial charge < -0.3 is 9.84 Å². The zero-order chi connectivity index (χ0) is 22.6. The molecule has 3 aromatic carbocycles. The van der Waals surface area contributed by atoms with Crippen LogP contribution in [-0.4, -0.2) is 20.8 Å². The van der Waals surface area contributed by atoms with Crippen LogP contribution < -0.4 is 5.32 Å². The zero-order valence-electron chi connectivity index (χ0n) is 17.5. The summed E-state index contributed by atoms with van der Waals surface area (Å²) in [7, 11) is 0. The van der Waals surface area contributed by atoms with E-state index in [1.54, 1.807) is 10.7 Å². The van der Waals surface area contributed by atoms with Crippen molar-refractivity contribution in [2.45, 2.75) is 6.54 Å². The van der Waals surface area contributed by atoms with Crippen LogP contribution in [0.2, 0.25) is 5.02 Å². The highest BCUT2D eigenvalue weighted by molar-refractivity contribution is 6.30. The SMILES string of the molecule is O=C(NCc1cn(-c2ccccc2)nc1-c1ccc(Cl)cc1)c1cc(-c2ccccc2)on1. The normalized spacial score (nSPS) is 10.8. The van der Waals surface area contributed by atoms with Crippen LogP contribution in [0.1, 0.15) is 16.1 Å². The first-order chi connectivity index (χ1) is 16.2. The van der Waals surface area contributed by atoms with E-state index in [1.165, 1.54) is 0 Å². The lowest BCUT2D eigenvalue weighted by Crippen LogP contribution is -2.23. The number of amides is 1. The fourth-order valence-electron chi connectivity index (χ4n) is 3.49. The summed E-state index contributed by atoms with van der Waals surface area (Å²) >= 11 is 6.06. The fraction of sp³-hybridized carbons (Fsp3) is 0.0385. The summed E-state index contributed by atoms with van der Waals surface area (Å²) in [5.41, 5.74) is 4.54. The average molecular weight is 455 g/mol. The number of hydrogen-bond donors (Lipinski definition) is 1. The molecule has 0 aliphatic heterocycles. The monoisotopic (exact) mass is 454 g/mol. The van der Waals surface area contributed by atoms with Gasteiger partial charge in [-0.25, -0.2) is 4.68 Å². The van der Waals surface area contributed by atoms with Crippen LogP contribution in [0.5, 0.6) is 0 Å². The second kappa shape index (κ2) is 9.14. The van der Waals surface area contributed by atoms with Crippen molar-refractivity contribution in [1.29, 1.82) is 0 Å². The highest BCUT2D eigenvalue weighted by Gasteiger charge is 2.17. The molecule has 7 heteroatoms. The molecule has 0 atom stereocenters. The van der Waals surface area contributed by atoms with Crippen LogP contribution in [0.3, 0.4) is 0 Å². The first-order valence-corrected chi connectivity index (χ1v) is 10.8. The van der Waals surface area contributed by atoms with E-state index < -0.39 is 0 Å². The van der Waals surface area contributed by atoms with Gasteiger partial charge in [0.1, 0.15) is 0 Å². The van der Waals surface area contributed by atoms with Crippen LogP contribution in [-0.2, 0) is 6.54 Å². The molecule has 0 aliphatic carbocycles. The molecule has 0 radical (unpaired) electrons. The fourth-order valence-corrected chi connectivity index (χ4v) is 3.62. The summed E-state index contributed by atoms with van der Waals surface area (Å²) in [5, 5.41) is 12.3. The van der Waals surface area contributed by atoms with Gasteiger partial charge in [-0.1, -0.05) is 77.4 Å². The van der Waals surface area contributed by atoms with Gasteiger partial charge in [-0.3, -0.25) is 4.79 Å². The third-order valence-electron chi connectivity index (χ3n) is 5.17. The van der Waals surface area contributed by atoms with Crippen molar-refractivity contribution >= 4 is 17.5 Å². The molecule has 0 aliphatic rings. The largest absolute Gasteiger partial charge is 0.355 e. The molecule has 2 aromatic heterocycles.